The minimum atomic E-state index is -5.36. The van der Waals surface area contributed by atoms with Crippen molar-refractivity contribution in [1.82, 2.24) is 30.0 Å². The average molecular weight is 1240 g/mol. The van der Waals surface area contributed by atoms with Crippen molar-refractivity contribution in [3.63, 3.8) is 0 Å². The topological polar surface area (TPSA) is 517 Å². The molecule has 0 aromatic carbocycles. The molecule has 4 saturated heterocycles. The van der Waals surface area contributed by atoms with Crippen LogP contribution in [0.3, 0.4) is 0 Å². The molecule has 6 rings (SSSR count). The van der Waals surface area contributed by atoms with E-state index in [0.29, 0.717) is 25.8 Å². The molecule has 0 amide bonds. The van der Waals surface area contributed by atoms with Gasteiger partial charge in [0.2, 0.25) is 0 Å². The zero-order chi connectivity index (χ0) is 56.6. The van der Waals surface area contributed by atoms with Crippen LogP contribution in [0.2, 0.25) is 0 Å². The highest BCUT2D eigenvalue weighted by Crippen LogP contribution is 2.34. The quantitative estimate of drug-likeness (QED) is 0.0456. The first-order chi connectivity index (χ1) is 35.7. The molecule has 4 fully saturated rings. The number of hydrogen-bond donors (Lipinski definition) is 6. The van der Waals surface area contributed by atoms with Crippen molar-refractivity contribution in [2.75, 3.05) is 19.8 Å². The van der Waals surface area contributed by atoms with E-state index in [4.69, 9.17) is 50.8 Å². The third-order valence-electron chi connectivity index (χ3n) is 11.0. The standard InChI is InChI=1S/C33H54N6O32S6/c1-2-8-38-11-19(34-36-38)15-59-33-31(71-77(55,56)57)25(69-75(49,50)51)9-22(64-33)13-39-12-20(35-37-39)14-58-32-26(70-76(52,53)54)10-24(28(68-32)18-62-74(46,47)48)66-30-7-6-23(27(67-30)17-61-73(43,44)45)65-29-5-3-4-21(63-29)16-60-72(40,41)42/h11-12,21-33H,2-10,13-18H2,1H3,(H,40,41,42)(H,43,44,45)(H,46,47,48)(H,49,50,51)(H,52,53,54)(H,55,56,57)/t21?,22-,23-,24-,25-,26?,27?,28?,29+,30-,31-,32+,33-/m0/s1. The normalized spacial score (nSPS) is 30.4. The number of aryl methyl sites for hydroxylation is 1. The second-order valence-corrected chi connectivity index (χ2v) is 23.5. The lowest BCUT2D eigenvalue weighted by Crippen LogP contribution is -2.54. The molecular weight excluding hydrogens is 1180 g/mol. The molecule has 0 saturated carbocycles. The second-order valence-electron chi connectivity index (χ2n) is 17.1. The van der Waals surface area contributed by atoms with Crippen LogP contribution in [0.15, 0.2) is 12.4 Å². The van der Waals surface area contributed by atoms with Crippen LogP contribution in [0.4, 0.5) is 0 Å². The zero-order valence-corrected chi connectivity index (χ0v) is 44.6. The SMILES string of the molecule is CCCn1cc(CO[C@H]2O[C@H](Cn3cc(CO[C@@H]4OC(COS(=O)(=O)O)[C@@H](O[C@@H]5CC[C@H](O[C@@H]6CCCC(COS(=O)(=O)O)O6)C(COS(=O)(=O)O)O5)CC4OS(=O)(=O)O)nn3)C[C@H](OS(=O)(=O)O)[C@@H]2OS(=O)(=O)O)nn1. The number of hydrogen-bond acceptors (Lipinski definition) is 30. The second kappa shape index (κ2) is 26.8. The van der Waals surface area contributed by atoms with Gasteiger partial charge in [-0.25, -0.2) is 29.8 Å². The Morgan fingerprint density at radius 3 is 1.66 bits per heavy atom. The Morgan fingerprint density at radius 1 is 0.532 bits per heavy atom. The average Bonchev–Trinajstić information content (AvgIpc) is 3.95. The lowest BCUT2D eigenvalue weighted by Gasteiger charge is -2.43. The predicted octanol–water partition coefficient (Wildman–Crippen LogP) is -2.56. The molecule has 13 atom stereocenters. The first-order valence-electron chi connectivity index (χ1n) is 22.5. The Labute approximate surface area is 439 Å². The van der Waals surface area contributed by atoms with E-state index in [2.05, 4.69) is 37.4 Å². The lowest BCUT2D eigenvalue weighted by atomic mass is 10.0. The summed E-state index contributed by atoms with van der Waals surface area (Å²) >= 11 is 0. The number of aromatic nitrogens is 6. The molecule has 2 aromatic heterocycles. The zero-order valence-electron chi connectivity index (χ0n) is 39.7. The molecule has 6 N–H and O–H groups in total. The van der Waals surface area contributed by atoms with Gasteiger partial charge >= 0.3 is 62.4 Å². The summed E-state index contributed by atoms with van der Waals surface area (Å²) in [6, 6.07) is 0. The number of nitrogens with zero attached hydrogens (tertiary/aromatic N) is 6. The molecule has 4 aliphatic rings. The van der Waals surface area contributed by atoms with Gasteiger partial charge in [0.1, 0.15) is 35.8 Å². The summed E-state index contributed by atoms with van der Waals surface area (Å²) in [6.07, 6.45) is -16.9. The largest absolute Gasteiger partial charge is 0.397 e. The van der Waals surface area contributed by atoms with Crippen LogP contribution >= 0.6 is 0 Å². The monoisotopic (exact) mass is 1240 g/mol. The summed E-state index contributed by atoms with van der Waals surface area (Å²) < 4.78 is 274. The van der Waals surface area contributed by atoms with Crippen molar-refractivity contribution in [1.29, 1.82) is 0 Å². The summed E-state index contributed by atoms with van der Waals surface area (Å²) in [5, 5.41) is 15.6. The molecule has 0 spiro atoms. The van der Waals surface area contributed by atoms with E-state index in [1.807, 2.05) is 6.92 Å². The van der Waals surface area contributed by atoms with Gasteiger partial charge in [-0.15, -0.1) is 10.2 Å². The van der Waals surface area contributed by atoms with Crippen molar-refractivity contribution < 1.29 is 141 Å². The maximum absolute atomic E-state index is 12.1. The van der Waals surface area contributed by atoms with Crippen LogP contribution in [0.1, 0.15) is 69.7 Å². The first-order valence-corrected chi connectivity index (χ1v) is 30.7. The smallest absolute Gasteiger partial charge is 0.347 e. The van der Waals surface area contributed by atoms with E-state index in [-0.39, 0.29) is 37.2 Å². The fraction of sp³-hybridized carbons (Fsp3) is 0.879. The molecule has 4 aliphatic heterocycles. The minimum absolute atomic E-state index is 0.0550. The summed E-state index contributed by atoms with van der Waals surface area (Å²) in [4.78, 5) is 0. The number of ether oxygens (including phenoxy) is 8. The van der Waals surface area contributed by atoms with E-state index in [1.54, 1.807) is 0 Å². The van der Waals surface area contributed by atoms with Crippen LogP contribution < -0.4 is 0 Å². The predicted molar refractivity (Wildman–Crippen MR) is 238 cm³/mol. The Kier molecular flexibility index (Phi) is 22.1. The Bertz CT molecular complexity index is 2930. The molecule has 0 aliphatic carbocycles. The van der Waals surface area contributed by atoms with Gasteiger partial charge in [-0.3, -0.25) is 32.0 Å². The van der Waals surface area contributed by atoms with Gasteiger partial charge in [-0.05, 0) is 32.1 Å². The third-order valence-corrected chi connectivity index (χ3v) is 13.8. The molecule has 444 valence electrons. The third kappa shape index (κ3) is 22.6. The van der Waals surface area contributed by atoms with Gasteiger partial charge < -0.3 is 37.9 Å². The molecule has 4 unspecified atom stereocenters. The Morgan fingerprint density at radius 2 is 1.06 bits per heavy atom. The maximum atomic E-state index is 12.1. The minimum Gasteiger partial charge on any atom is -0.347 e. The van der Waals surface area contributed by atoms with Crippen LogP contribution in [-0.2, 0) is 152 Å². The summed E-state index contributed by atoms with van der Waals surface area (Å²) in [5.41, 5.74) is 0.124. The summed E-state index contributed by atoms with van der Waals surface area (Å²) in [6.45, 7) is -1.63. The van der Waals surface area contributed by atoms with Crippen molar-refractivity contribution in [3.8, 4) is 0 Å². The molecule has 38 nitrogen and oxygen atoms in total. The Balaban J connectivity index is 1.14. The summed E-state index contributed by atoms with van der Waals surface area (Å²) in [5.74, 6) is 0. The van der Waals surface area contributed by atoms with E-state index in [0.717, 1.165) is 4.68 Å². The maximum Gasteiger partial charge on any atom is 0.397 e. The number of rotatable bonds is 29. The van der Waals surface area contributed by atoms with Crippen LogP contribution in [0.25, 0.3) is 0 Å². The van der Waals surface area contributed by atoms with E-state index in [9.17, 15) is 73.3 Å². The van der Waals surface area contributed by atoms with Gasteiger partial charge in [0.25, 0.3) is 0 Å². The Hall–Kier alpha value is -2.82. The first kappa shape index (κ1) is 63.4. The lowest BCUT2D eigenvalue weighted by molar-refractivity contribution is -0.320. The fourth-order valence-electron chi connectivity index (χ4n) is 8.12. The van der Waals surface area contributed by atoms with Crippen molar-refractivity contribution >= 4 is 62.4 Å². The highest BCUT2D eigenvalue weighted by atomic mass is 32.3. The van der Waals surface area contributed by atoms with Gasteiger partial charge in [0.05, 0.1) is 76.4 Å². The van der Waals surface area contributed by atoms with Gasteiger partial charge in [-0.2, -0.15) is 50.5 Å². The van der Waals surface area contributed by atoms with Crippen molar-refractivity contribution in [2.24, 2.45) is 0 Å². The molecule has 44 heteroatoms. The molecule has 0 radical (unpaired) electrons. The van der Waals surface area contributed by atoms with Crippen LogP contribution in [-0.4, -0.2) is 208 Å². The van der Waals surface area contributed by atoms with E-state index < -0.39 is 188 Å². The summed E-state index contributed by atoms with van der Waals surface area (Å²) in [7, 11) is -31.1. The van der Waals surface area contributed by atoms with Crippen molar-refractivity contribution in [3.05, 3.63) is 23.8 Å². The van der Waals surface area contributed by atoms with Gasteiger partial charge in [0.15, 0.2) is 31.3 Å². The van der Waals surface area contributed by atoms with E-state index >= 15 is 0 Å². The highest BCUT2D eigenvalue weighted by Gasteiger charge is 2.48. The van der Waals surface area contributed by atoms with Gasteiger partial charge in [-0.1, -0.05) is 17.4 Å². The molecular formula is C33H54N6O32S6. The van der Waals surface area contributed by atoms with Crippen LogP contribution in [0.5, 0.6) is 0 Å². The van der Waals surface area contributed by atoms with Crippen LogP contribution in [0, 0.1) is 0 Å². The molecule has 77 heavy (non-hydrogen) atoms. The van der Waals surface area contributed by atoms with E-state index in [1.165, 1.54) is 17.1 Å². The molecule has 6 heterocycles. The highest BCUT2D eigenvalue weighted by molar-refractivity contribution is 7.82. The molecule has 0 bridgehead atoms. The molecule has 2 aromatic rings. The fourth-order valence-corrected chi connectivity index (χ4v) is 10.5. The van der Waals surface area contributed by atoms with Crippen molar-refractivity contribution in [2.45, 2.75) is 165 Å². The van der Waals surface area contributed by atoms with Gasteiger partial charge in [0, 0.05) is 25.8 Å².